The summed E-state index contributed by atoms with van der Waals surface area (Å²) in [6.07, 6.45) is 1.04. The zero-order chi connectivity index (χ0) is 15.6. The second kappa shape index (κ2) is 5.80. The van der Waals surface area contributed by atoms with Crippen molar-refractivity contribution in [3.8, 4) is 11.5 Å². The number of nitrogen functional groups attached to an aromatic ring is 1. The van der Waals surface area contributed by atoms with E-state index in [1.54, 1.807) is 0 Å². The molecule has 21 heavy (non-hydrogen) atoms. The van der Waals surface area contributed by atoms with E-state index in [0.29, 0.717) is 0 Å². The van der Waals surface area contributed by atoms with Gasteiger partial charge in [0.15, 0.2) is 0 Å². The molecule has 0 fully saturated rings. The molecule has 0 aliphatic heterocycles. The average Bonchev–Trinajstić information content (AvgIpc) is 2.40. The third-order valence-corrected chi connectivity index (χ3v) is 3.73. The van der Waals surface area contributed by atoms with Crippen molar-refractivity contribution in [2.24, 2.45) is 0 Å². The highest BCUT2D eigenvalue weighted by molar-refractivity contribution is 5.49. The lowest BCUT2D eigenvalue weighted by atomic mass is 9.84. The van der Waals surface area contributed by atoms with Gasteiger partial charge in [-0.2, -0.15) is 0 Å². The molecule has 0 saturated heterocycles. The molecule has 2 N–H and O–H groups in total. The molecule has 2 heteroatoms. The number of aryl methyl sites for hydroxylation is 2. The fourth-order valence-electron chi connectivity index (χ4n) is 2.44. The van der Waals surface area contributed by atoms with Crippen LogP contribution in [-0.2, 0) is 11.8 Å². The van der Waals surface area contributed by atoms with E-state index in [1.807, 2.05) is 24.3 Å². The lowest BCUT2D eigenvalue weighted by molar-refractivity contribution is 0.454. The quantitative estimate of drug-likeness (QED) is 0.783. The molecule has 0 aliphatic rings. The summed E-state index contributed by atoms with van der Waals surface area (Å²) in [4.78, 5) is 0. The van der Waals surface area contributed by atoms with Gasteiger partial charge in [0.05, 0.1) is 0 Å². The number of nitrogens with two attached hydrogens (primary N) is 1. The van der Waals surface area contributed by atoms with Crippen LogP contribution in [0, 0.1) is 6.92 Å². The first-order valence-electron chi connectivity index (χ1n) is 7.48. The zero-order valence-corrected chi connectivity index (χ0v) is 13.7. The third kappa shape index (κ3) is 3.57. The smallest absolute Gasteiger partial charge is 0.131 e. The van der Waals surface area contributed by atoms with Crippen LogP contribution in [0.3, 0.4) is 0 Å². The summed E-state index contributed by atoms with van der Waals surface area (Å²) < 4.78 is 6.12. The van der Waals surface area contributed by atoms with Gasteiger partial charge in [0.25, 0.3) is 0 Å². The molecule has 2 nitrogen and oxygen atoms in total. The normalized spacial score (nSPS) is 11.5. The standard InChI is InChI=1S/C19H25NO/c1-6-14-12-17(19(3,4)5)18(11-13(14)2)21-16-9-7-15(20)8-10-16/h7-12H,6,20H2,1-5H3. The van der Waals surface area contributed by atoms with Crippen molar-refractivity contribution < 1.29 is 4.74 Å². The second-order valence-corrected chi connectivity index (χ2v) is 6.55. The second-order valence-electron chi connectivity index (χ2n) is 6.55. The lowest BCUT2D eigenvalue weighted by Gasteiger charge is -2.24. The molecule has 0 heterocycles. The van der Waals surface area contributed by atoms with E-state index in [2.05, 4.69) is 46.8 Å². The Morgan fingerprint density at radius 3 is 2.19 bits per heavy atom. The van der Waals surface area contributed by atoms with Crippen molar-refractivity contribution >= 4 is 5.69 Å². The molecular weight excluding hydrogens is 258 g/mol. The molecular formula is C19H25NO. The average molecular weight is 283 g/mol. The van der Waals surface area contributed by atoms with Crippen LogP contribution in [0.1, 0.15) is 44.4 Å². The molecule has 0 atom stereocenters. The van der Waals surface area contributed by atoms with Crippen molar-refractivity contribution in [2.45, 2.75) is 46.5 Å². The van der Waals surface area contributed by atoms with Crippen LogP contribution in [0.4, 0.5) is 5.69 Å². The summed E-state index contributed by atoms with van der Waals surface area (Å²) in [5, 5.41) is 0. The topological polar surface area (TPSA) is 35.2 Å². The Morgan fingerprint density at radius 2 is 1.67 bits per heavy atom. The van der Waals surface area contributed by atoms with Gasteiger partial charge in [0.2, 0.25) is 0 Å². The van der Waals surface area contributed by atoms with Gasteiger partial charge in [0.1, 0.15) is 11.5 Å². The summed E-state index contributed by atoms with van der Waals surface area (Å²) in [6.45, 7) is 11.0. The van der Waals surface area contributed by atoms with Crippen LogP contribution in [0.15, 0.2) is 36.4 Å². The van der Waals surface area contributed by atoms with Gasteiger partial charge in [0, 0.05) is 11.3 Å². The van der Waals surface area contributed by atoms with Gasteiger partial charge in [-0.15, -0.1) is 0 Å². The van der Waals surface area contributed by atoms with Crippen LogP contribution < -0.4 is 10.5 Å². The maximum absolute atomic E-state index is 6.12. The van der Waals surface area contributed by atoms with Gasteiger partial charge < -0.3 is 10.5 Å². The number of ether oxygens (including phenoxy) is 1. The van der Waals surface area contributed by atoms with Gasteiger partial charge in [-0.1, -0.05) is 33.8 Å². The highest BCUT2D eigenvalue weighted by atomic mass is 16.5. The summed E-state index contributed by atoms with van der Waals surface area (Å²) in [6, 6.07) is 12.0. The van der Waals surface area contributed by atoms with E-state index in [0.717, 1.165) is 23.6 Å². The molecule has 2 aromatic rings. The first kappa shape index (κ1) is 15.4. The monoisotopic (exact) mass is 283 g/mol. The fraction of sp³-hybridized carbons (Fsp3) is 0.368. The predicted molar refractivity (Wildman–Crippen MR) is 90.2 cm³/mol. The molecule has 112 valence electrons. The van der Waals surface area contributed by atoms with Crippen molar-refractivity contribution in [1.82, 2.24) is 0 Å². The number of anilines is 1. The summed E-state index contributed by atoms with van der Waals surface area (Å²) in [7, 11) is 0. The van der Waals surface area contributed by atoms with E-state index < -0.39 is 0 Å². The Balaban J connectivity index is 2.46. The highest BCUT2D eigenvalue weighted by Gasteiger charge is 2.21. The minimum absolute atomic E-state index is 0.0424. The first-order valence-corrected chi connectivity index (χ1v) is 7.48. The van der Waals surface area contributed by atoms with E-state index >= 15 is 0 Å². The fourth-order valence-corrected chi connectivity index (χ4v) is 2.44. The van der Waals surface area contributed by atoms with E-state index in [-0.39, 0.29) is 5.41 Å². The Hall–Kier alpha value is -1.96. The zero-order valence-electron chi connectivity index (χ0n) is 13.7. The van der Waals surface area contributed by atoms with Crippen molar-refractivity contribution in [3.63, 3.8) is 0 Å². The van der Waals surface area contributed by atoms with Crippen molar-refractivity contribution in [2.75, 3.05) is 5.73 Å². The van der Waals surface area contributed by atoms with Crippen LogP contribution >= 0.6 is 0 Å². The molecule has 0 amide bonds. The third-order valence-electron chi connectivity index (χ3n) is 3.73. The Morgan fingerprint density at radius 1 is 1.05 bits per heavy atom. The lowest BCUT2D eigenvalue weighted by Crippen LogP contribution is -2.13. The largest absolute Gasteiger partial charge is 0.457 e. The van der Waals surface area contributed by atoms with E-state index in [9.17, 15) is 0 Å². The van der Waals surface area contributed by atoms with Crippen LogP contribution in [0.25, 0.3) is 0 Å². The Kier molecular flexibility index (Phi) is 4.26. The maximum Gasteiger partial charge on any atom is 0.131 e. The summed E-state index contributed by atoms with van der Waals surface area (Å²) in [5.41, 5.74) is 10.4. The molecule has 0 bridgehead atoms. The number of hydrogen-bond donors (Lipinski definition) is 1. The number of hydrogen-bond acceptors (Lipinski definition) is 2. The Bertz CT molecular complexity index is 621. The van der Waals surface area contributed by atoms with Crippen LogP contribution in [-0.4, -0.2) is 0 Å². The minimum Gasteiger partial charge on any atom is -0.457 e. The van der Waals surface area contributed by atoms with Crippen molar-refractivity contribution in [3.05, 3.63) is 53.1 Å². The molecule has 2 aromatic carbocycles. The Labute approximate surface area is 127 Å². The molecule has 2 rings (SSSR count). The minimum atomic E-state index is 0.0424. The van der Waals surface area contributed by atoms with Crippen LogP contribution in [0.2, 0.25) is 0 Å². The molecule has 0 aliphatic carbocycles. The highest BCUT2D eigenvalue weighted by Crippen LogP contribution is 2.36. The molecule has 0 radical (unpaired) electrons. The number of rotatable bonds is 3. The summed E-state index contributed by atoms with van der Waals surface area (Å²) in [5.74, 6) is 1.75. The van der Waals surface area contributed by atoms with E-state index in [4.69, 9.17) is 10.5 Å². The molecule has 0 saturated carbocycles. The van der Waals surface area contributed by atoms with Gasteiger partial charge >= 0.3 is 0 Å². The molecule has 0 unspecified atom stereocenters. The summed E-state index contributed by atoms with van der Waals surface area (Å²) >= 11 is 0. The van der Waals surface area contributed by atoms with Crippen molar-refractivity contribution in [1.29, 1.82) is 0 Å². The first-order chi connectivity index (χ1) is 9.81. The van der Waals surface area contributed by atoms with Crippen LogP contribution in [0.5, 0.6) is 11.5 Å². The van der Waals surface area contributed by atoms with Gasteiger partial charge in [-0.25, -0.2) is 0 Å². The SMILES string of the molecule is CCc1cc(C(C)(C)C)c(Oc2ccc(N)cc2)cc1C. The van der Waals surface area contributed by atoms with Gasteiger partial charge in [-0.05, 0) is 60.2 Å². The predicted octanol–water partition coefficient (Wildman–Crippen LogP) is 5.23. The molecule has 0 aromatic heterocycles. The number of benzene rings is 2. The van der Waals surface area contributed by atoms with Gasteiger partial charge in [-0.3, -0.25) is 0 Å². The van der Waals surface area contributed by atoms with E-state index in [1.165, 1.54) is 16.7 Å². The molecule has 0 spiro atoms. The maximum atomic E-state index is 6.12.